The number of aliphatic hydroxyl groups is 1. The minimum absolute atomic E-state index is 0.0833. The van der Waals surface area contributed by atoms with Crippen molar-refractivity contribution in [3.05, 3.63) is 16.9 Å². The van der Waals surface area contributed by atoms with E-state index in [4.69, 9.17) is 10.5 Å². The molecule has 0 aromatic rings. The Morgan fingerprint density at radius 3 is 3.00 bits per heavy atom. The molecule has 0 aromatic carbocycles. The van der Waals surface area contributed by atoms with Crippen LogP contribution >= 0.6 is 11.8 Å². The maximum absolute atomic E-state index is 8.64. The molecule has 3 nitrogen and oxygen atoms in total. The van der Waals surface area contributed by atoms with Crippen LogP contribution in [0.5, 0.6) is 0 Å². The molecule has 0 rings (SSSR count). The molecule has 0 spiro atoms. The molecule has 0 aliphatic carbocycles. The first-order chi connectivity index (χ1) is 3.81. The van der Waals surface area contributed by atoms with Crippen LogP contribution in [0.3, 0.4) is 0 Å². The molecule has 0 radical (unpaired) electrons. The summed E-state index contributed by atoms with van der Waals surface area (Å²) in [5.41, 5.74) is 0. The smallest absolute Gasteiger partial charge is 0.388 e. The first kappa shape index (κ1) is 7.31. The van der Waals surface area contributed by atoms with Crippen LogP contribution in [-0.2, 0) is 0 Å². The molecule has 0 saturated carbocycles. The highest BCUT2D eigenvalue weighted by molar-refractivity contribution is 7.98. The average molecular weight is 131 g/mol. The van der Waals surface area contributed by atoms with E-state index in [1.54, 1.807) is 0 Å². The van der Waals surface area contributed by atoms with E-state index in [2.05, 4.69) is 4.98 Å². The van der Waals surface area contributed by atoms with Crippen molar-refractivity contribution in [3.8, 4) is 0 Å². The second-order valence-corrected chi connectivity index (χ2v) is 2.03. The number of diazo groups is 1. The molecular weight excluding hydrogens is 124 g/mol. The Morgan fingerprint density at radius 1 is 2.00 bits per heavy atom. The molecule has 0 aromatic heterocycles. The van der Waals surface area contributed by atoms with Crippen molar-refractivity contribution in [1.29, 1.82) is 5.39 Å². The van der Waals surface area contributed by atoms with E-state index in [-0.39, 0.29) is 5.76 Å². The van der Waals surface area contributed by atoms with Crippen molar-refractivity contribution in [2.75, 3.05) is 12.0 Å². The summed E-state index contributed by atoms with van der Waals surface area (Å²) in [6.45, 7) is 0. The minimum atomic E-state index is 0.0833. The van der Waals surface area contributed by atoms with Gasteiger partial charge in [-0.2, -0.15) is 11.8 Å². The first-order valence-corrected chi connectivity index (χ1v) is 3.41. The molecule has 44 valence electrons. The minimum Gasteiger partial charge on any atom is -0.505 e. The molecule has 8 heavy (non-hydrogen) atoms. The standard InChI is InChI=1S/C4H6N2OS/c1-8-3-4(7)2-6-5/h2H,3H2,1H3/p+1/b4-2-. The molecule has 1 N–H and O–H groups in total. The quantitative estimate of drug-likeness (QED) is 0.457. The van der Waals surface area contributed by atoms with Gasteiger partial charge in [0.1, 0.15) is 0 Å². The normalized spacial score (nSPS) is 10.8. The number of nitrogens with zero attached hydrogens (tertiary/aromatic N) is 2. The van der Waals surface area contributed by atoms with Gasteiger partial charge in [0.15, 0.2) is 10.7 Å². The molecular formula is C4H7N2OS+. The number of thioether (sulfide) groups is 1. The van der Waals surface area contributed by atoms with Crippen molar-refractivity contribution < 1.29 is 5.11 Å². The molecule has 0 unspecified atom stereocenters. The van der Waals surface area contributed by atoms with Crippen molar-refractivity contribution in [3.63, 3.8) is 0 Å². The molecule has 0 aliphatic rings. The molecule has 0 fully saturated rings. The topological polar surface area (TPSA) is 48.4 Å². The maximum atomic E-state index is 8.64. The van der Waals surface area contributed by atoms with Crippen LogP contribution in [0.25, 0.3) is 4.98 Å². The average Bonchev–Trinajstić information content (AvgIpc) is 1.68. The second kappa shape index (κ2) is 4.47. The summed E-state index contributed by atoms with van der Waals surface area (Å²) in [6.07, 6.45) is 2.86. The summed E-state index contributed by atoms with van der Waals surface area (Å²) in [5, 5.41) is 16.5. The second-order valence-electron chi connectivity index (χ2n) is 1.17. The third kappa shape index (κ3) is 3.50. The van der Waals surface area contributed by atoms with Crippen molar-refractivity contribution in [2.45, 2.75) is 0 Å². The zero-order chi connectivity index (χ0) is 6.41. The van der Waals surface area contributed by atoms with Gasteiger partial charge in [-0.25, -0.2) is 0 Å². The Kier molecular flexibility index (Phi) is 4.08. The lowest BCUT2D eigenvalue weighted by atomic mass is 10.6. The summed E-state index contributed by atoms with van der Waals surface area (Å²) in [7, 11) is 0. The van der Waals surface area contributed by atoms with Gasteiger partial charge in [-0.3, -0.25) is 0 Å². The third-order valence-corrected chi connectivity index (χ3v) is 1.08. The molecule has 4 heteroatoms. The summed E-state index contributed by atoms with van der Waals surface area (Å²) < 4.78 is 0. The van der Waals surface area contributed by atoms with Crippen LogP contribution in [0.4, 0.5) is 0 Å². The van der Waals surface area contributed by atoms with Crippen LogP contribution in [0.1, 0.15) is 0 Å². The van der Waals surface area contributed by atoms with Gasteiger partial charge in [0.2, 0.25) is 5.39 Å². The highest BCUT2D eigenvalue weighted by Gasteiger charge is 1.94. The monoisotopic (exact) mass is 131 g/mol. The first-order valence-electron chi connectivity index (χ1n) is 2.02. The molecule has 0 aliphatic heterocycles. The highest BCUT2D eigenvalue weighted by Crippen LogP contribution is 1.99. The van der Waals surface area contributed by atoms with Crippen LogP contribution in [0.15, 0.2) is 12.0 Å². The summed E-state index contributed by atoms with van der Waals surface area (Å²) >= 11 is 1.46. The Bertz CT molecular complexity index is 126. The van der Waals surface area contributed by atoms with Crippen molar-refractivity contribution in [1.82, 2.24) is 0 Å². The third-order valence-electron chi connectivity index (χ3n) is 0.499. The van der Waals surface area contributed by atoms with Gasteiger partial charge in [-0.05, 0) is 6.26 Å². The predicted molar refractivity (Wildman–Crippen MR) is 34.2 cm³/mol. The van der Waals surface area contributed by atoms with E-state index in [0.717, 1.165) is 6.20 Å². The van der Waals surface area contributed by atoms with Crippen LogP contribution < -0.4 is 0 Å². The number of rotatable bonds is 2. The Morgan fingerprint density at radius 2 is 2.62 bits per heavy atom. The van der Waals surface area contributed by atoms with E-state index in [1.807, 2.05) is 6.26 Å². The fourth-order valence-corrected chi connectivity index (χ4v) is 0.622. The lowest BCUT2D eigenvalue weighted by molar-refractivity contribution is 0.417. The molecule has 0 saturated heterocycles. The Labute approximate surface area is 52.0 Å². The van der Waals surface area contributed by atoms with E-state index in [1.165, 1.54) is 11.8 Å². The van der Waals surface area contributed by atoms with Gasteiger partial charge in [0.25, 0.3) is 0 Å². The van der Waals surface area contributed by atoms with Gasteiger partial charge in [0, 0.05) is 0 Å². The Balaban J connectivity index is 3.49. The van der Waals surface area contributed by atoms with Gasteiger partial charge >= 0.3 is 6.20 Å². The molecule has 0 bridgehead atoms. The fraction of sp³-hybridized carbons (Fsp3) is 0.500. The van der Waals surface area contributed by atoms with Crippen LogP contribution in [-0.4, -0.2) is 17.1 Å². The summed E-state index contributed by atoms with van der Waals surface area (Å²) in [4.78, 5) is 2.63. The Hall–Kier alpha value is -0.690. The van der Waals surface area contributed by atoms with E-state index in [9.17, 15) is 0 Å². The van der Waals surface area contributed by atoms with Gasteiger partial charge < -0.3 is 5.11 Å². The summed E-state index contributed by atoms with van der Waals surface area (Å²) in [6, 6.07) is 0. The van der Waals surface area contributed by atoms with Gasteiger partial charge in [0.05, 0.1) is 5.75 Å². The molecule has 0 atom stereocenters. The van der Waals surface area contributed by atoms with Gasteiger partial charge in [-0.15, -0.1) is 0 Å². The van der Waals surface area contributed by atoms with Gasteiger partial charge in [-0.1, -0.05) is 0 Å². The lowest BCUT2D eigenvalue weighted by Gasteiger charge is -1.84. The van der Waals surface area contributed by atoms with Crippen molar-refractivity contribution in [2.24, 2.45) is 0 Å². The SMILES string of the molecule is CSC/C(O)=C/[N+]#N. The largest absolute Gasteiger partial charge is 0.505 e. The zero-order valence-electron chi connectivity index (χ0n) is 4.53. The lowest BCUT2D eigenvalue weighted by Crippen LogP contribution is -1.80. The number of aliphatic hydroxyl groups excluding tert-OH is 1. The number of hydrogen-bond acceptors (Lipinski definition) is 3. The highest BCUT2D eigenvalue weighted by atomic mass is 32.2. The maximum Gasteiger partial charge on any atom is 0.388 e. The van der Waals surface area contributed by atoms with E-state index >= 15 is 0 Å². The van der Waals surface area contributed by atoms with Crippen LogP contribution in [0.2, 0.25) is 0 Å². The van der Waals surface area contributed by atoms with E-state index in [0.29, 0.717) is 5.75 Å². The fourth-order valence-electron chi connectivity index (χ4n) is 0.252. The predicted octanol–water partition coefficient (Wildman–Crippen LogP) is 1.60. The zero-order valence-corrected chi connectivity index (χ0v) is 5.35. The molecule has 0 amide bonds. The van der Waals surface area contributed by atoms with Crippen molar-refractivity contribution >= 4 is 11.8 Å². The van der Waals surface area contributed by atoms with E-state index < -0.39 is 0 Å². The summed E-state index contributed by atoms with van der Waals surface area (Å²) in [5.74, 6) is 0.573. The van der Waals surface area contributed by atoms with Crippen LogP contribution in [0, 0.1) is 5.39 Å². The number of hydrogen-bond donors (Lipinski definition) is 1. The molecule has 0 heterocycles.